The number of carbonyl (C=O) groups excluding carboxylic acids is 3. The van der Waals surface area contributed by atoms with Crippen LogP contribution in [0.5, 0.6) is 0 Å². The lowest BCUT2D eigenvalue weighted by Gasteiger charge is -2.44. The molecule has 1 aromatic rings. The number of hydrogen-bond donors (Lipinski definition) is 1. The molecule has 10 nitrogen and oxygen atoms in total. The fraction of sp³-hybridized carbons (Fsp3) is 0.654. The molecule has 4 saturated heterocycles. The average Bonchev–Trinajstić information content (AvgIpc) is 3.22. The van der Waals surface area contributed by atoms with Crippen LogP contribution in [0.3, 0.4) is 0 Å². The summed E-state index contributed by atoms with van der Waals surface area (Å²) in [5, 5.41) is 1.41. The lowest BCUT2D eigenvalue weighted by Crippen LogP contribution is -2.59. The topological polar surface area (TPSA) is 101 Å². The highest BCUT2D eigenvalue weighted by atomic mass is 16.7. The third kappa shape index (κ3) is 4.76. The Bertz CT molecular complexity index is 994. The van der Waals surface area contributed by atoms with Crippen molar-refractivity contribution in [2.24, 2.45) is 0 Å². The van der Waals surface area contributed by atoms with E-state index in [2.05, 4.69) is 5.48 Å². The Morgan fingerprint density at radius 3 is 2.58 bits per heavy atom. The highest BCUT2D eigenvalue weighted by molar-refractivity contribution is 5.88. The zero-order chi connectivity index (χ0) is 25.5. The number of ether oxygens (including phenoxy) is 1. The molecule has 0 aliphatic carbocycles. The fourth-order valence-electron chi connectivity index (χ4n) is 5.89. The fourth-order valence-corrected chi connectivity index (χ4v) is 5.89. The maximum absolute atomic E-state index is 13.2. The van der Waals surface area contributed by atoms with Crippen LogP contribution in [0, 0.1) is 0 Å². The van der Waals surface area contributed by atoms with Crippen LogP contribution < -0.4 is 5.48 Å². The van der Waals surface area contributed by atoms with E-state index < -0.39 is 23.5 Å². The van der Waals surface area contributed by atoms with Crippen molar-refractivity contribution in [2.75, 3.05) is 6.54 Å². The largest absolute Gasteiger partial charge is 0.444 e. The highest BCUT2D eigenvalue weighted by Crippen LogP contribution is 2.45. The van der Waals surface area contributed by atoms with Crippen LogP contribution in [0.1, 0.15) is 71.3 Å². The summed E-state index contributed by atoms with van der Waals surface area (Å²) < 4.78 is 5.65. The van der Waals surface area contributed by atoms with Crippen LogP contribution >= 0.6 is 0 Å². The van der Waals surface area contributed by atoms with E-state index >= 15 is 0 Å². The van der Waals surface area contributed by atoms with Gasteiger partial charge >= 0.3 is 12.1 Å². The Morgan fingerprint density at radius 2 is 1.83 bits per heavy atom. The summed E-state index contributed by atoms with van der Waals surface area (Å²) in [4.78, 5) is 54.4. The lowest BCUT2D eigenvalue weighted by molar-refractivity contribution is -0.200. The standard InChI is InChI=1S/C26H36N4O6/c1-25(2,3)35-24(33)29-19-10-7-14-26(29,15-13-19)36-27-22(31)21-12-11-20-16-28(21)23(32)30(20)34-17-18-8-5-4-6-9-18/h4-6,8-9,19-21H,7,10-17H2,1-3H3,(H,27,31)/t19?,20-,21+,26?/m1/s1. The quantitative estimate of drug-likeness (QED) is 0.598. The van der Waals surface area contributed by atoms with Gasteiger partial charge in [-0.15, -0.1) is 0 Å². The molecule has 4 aliphatic rings. The van der Waals surface area contributed by atoms with Crippen molar-refractivity contribution in [1.29, 1.82) is 0 Å². The summed E-state index contributed by atoms with van der Waals surface area (Å²) in [5.41, 5.74) is 2.05. The van der Waals surface area contributed by atoms with Crippen molar-refractivity contribution in [3.8, 4) is 0 Å². The molecule has 5 rings (SSSR count). The zero-order valence-electron chi connectivity index (χ0n) is 21.3. The molecule has 2 unspecified atom stereocenters. The van der Waals surface area contributed by atoms with Gasteiger partial charge in [-0.2, -0.15) is 5.06 Å². The van der Waals surface area contributed by atoms with E-state index in [1.165, 1.54) is 5.06 Å². The molecule has 4 fully saturated rings. The summed E-state index contributed by atoms with van der Waals surface area (Å²) in [5.74, 6) is -0.376. The molecule has 4 bridgehead atoms. The summed E-state index contributed by atoms with van der Waals surface area (Å²) in [6.07, 6.45) is 4.62. The molecule has 4 aliphatic heterocycles. The molecule has 196 valence electrons. The number of carbonyl (C=O) groups is 3. The molecule has 0 spiro atoms. The van der Waals surface area contributed by atoms with Crippen LogP contribution in [0.4, 0.5) is 9.59 Å². The predicted octanol–water partition coefficient (Wildman–Crippen LogP) is 3.71. The van der Waals surface area contributed by atoms with Crippen molar-refractivity contribution in [3.05, 3.63) is 35.9 Å². The van der Waals surface area contributed by atoms with E-state index in [0.717, 1.165) is 24.8 Å². The summed E-state index contributed by atoms with van der Waals surface area (Å²) >= 11 is 0. The summed E-state index contributed by atoms with van der Waals surface area (Å²) in [6.45, 7) is 6.23. The first-order chi connectivity index (χ1) is 17.2. The minimum absolute atomic E-state index is 0.0384. The first-order valence-electron chi connectivity index (χ1n) is 12.9. The van der Waals surface area contributed by atoms with Gasteiger partial charge < -0.3 is 9.64 Å². The van der Waals surface area contributed by atoms with E-state index in [1.807, 2.05) is 51.1 Å². The van der Waals surface area contributed by atoms with E-state index in [1.54, 1.807) is 9.80 Å². The smallest absolute Gasteiger partial charge is 0.412 e. The number of piperidine rings is 2. The van der Waals surface area contributed by atoms with Gasteiger partial charge in [0.2, 0.25) is 0 Å². The first-order valence-corrected chi connectivity index (χ1v) is 12.9. The van der Waals surface area contributed by atoms with Gasteiger partial charge in [-0.05, 0) is 71.3 Å². The maximum Gasteiger partial charge on any atom is 0.412 e. The van der Waals surface area contributed by atoms with Crippen LogP contribution in [-0.4, -0.2) is 68.9 Å². The Kier molecular flexibility index (Phi) is 6.59. The van der Waals surface area contributed by atoms with Gasteiger partial charge in [-0.3, -0.25) is 14.5 Å². The Hall–Kier alpha value is -2.85. The highest BCUT2D eigenvalue weighted by Gasteiger charge is 2.55. The van der Waals surface area contributed by atoms with Crippen LogP contribution in [0.2, 0.25) is 0 Å². The Morgan fingerprint density at radius 1 is 1.06 bits per heavy atom. The second-order valence-corrected chi connectivity index (χ2v) is 11.2. The Balaban J connectivity index is 1.21. The van der Waals surface area contributed by atoms with E-state index in [0.29, 0.717) is 38.8 Å². The van der Waals surface area contributed by atoms with E-state index in [4.69, 9.17) is 14.4 Å². The Labute approximate surface area is 211 Å². The predicted molar refractivity (Wildman–Crippen MR) is 129 cm³/mol. The molecule has 10 heteroatoms. The molecule has 4 amide bonds. The first kappa shape index (κ1) is 24.8. The number of nitrogens with zero attached hydrogens (tertiary/aromatic N) is 3. The number of nitrogens with one attached hydrogen (secondary N) is 1. The molecular formula is C26H36N4O6. The molecule has 0 saturated carbocycles. The van der Waals surface area contributed by atoms with Gasteiger partial charge in [0.15, 0.2) is 5.72 Å². The third-order valence-electron chi connectivity index (χ3n) is 7.55. The molecule has 4 heterocycles. The second kappa shape index (κ2) is 9.55. The van der Waals surface area contributed by atoms with Crippen LogP contribution in [0.15, 0.2) is 30.3 Å². The number of amides is 4. The SMILES string of the molecule is CC(C)(C)OC(=O)N1C2CCCC1(ONC(=O)[C@@H]1CC[C@@H]3CN1C(=O)N3OCc1ccccc1)CC2. The number of fused-ring (bicyclic) bond motifs is 4. The molecule has 0 aromatic heterocycles. The lowest BCUT2D eigenvalue weighted by atomic mass is 10.00. The number of hydrogen-bond acceptors (Lipinski definition) is 6. The molecule has 0 radical (unpaired) electrons. The van der Waals surface area contributed by atoms with Gasteiger partial charge in [0.05, 0.1) is 6.04 Å². The summed E-state index contributed by atoms with van der Waals surface area (Å²) in [6, 6.07) is 8.67. The van der Waals surface area contributed by atoms with Crippen molar-refractivity contribution >= 4 is 18.0 Å². The third-order valence-corrected chi connectivity index (χ3v) is 7.55. The molecule has 1 N–H and O–H groups in total. The van der Waals surface area contributed by atoms with Gasteiger partial charge in [0.1, 0.15) is 18.2 Å². The molecule has 36 heavy (non-hydrogen) atoms. The van der Waals surface area contributed by atoms with Gasteiger partial charge in [-0.25, -0.2) is 19.9 Å². The van der Waals surface area contributed by atoms with E-state index in [9.17, 15) is 14.4 Å². The number of hydroxylamine groups is 3. The molecular weight excluding hydrogens is 464 g/mol. The second-order valence-electron chi connectivity index (χ2n) is 11.2. The maximum atomic E-state index is 13.2. The monoisotopic (exact) mass is 500 g/mol. The van der Waals surface area contributed by atoms with E-state index in [-0.39, 0.29) is 24.0 Å². The number of urea groups is 1. The summed E-state index contributed by atoms with van der Waals surface area (Å²) in [7, 11) is 0. The van der Waals surface area contributed by atoms with Crippen LogP contribution in [0.25, 0.3) is 0 Å². The normalized spacial score (nSPS) is 29.5. The zero-order valence-corrected chi connectivity index (χ0v) is 21.3. The minimum Gasteiger partial charge on any atom is -0.444 e. The van der Waals surface area contributed by atoms with Gasteiger partial charge in [0.25, 0.3) is 5.91 Å². The molecule has 1 aromatic carbocycles. The van der Waals surface area contributed by atoms with Crippen molar-refractivity contribution < 1.29 is 28.8 Å². The van der Waals surface area contributed by atoms with Crippen molar-refractivity contribution in [3.63, 3.8) is 0 Å². The minimum atomic E-state index is -0.919. The average molecular weight is 501 g/mol. The van der Waals surface area contributed by atoms with Crippen LogP contribution in [-0.2, 0) is 25.8 Å². The number of rotatable bonds is 6. The van der Waals surface area contributed by atoms with Crippen molar-refractivity contribution in [1.82, 2.24) is 20.3 Å². The van der Waals surface area contributed by atoms with Crippen molar-refractivity contribution in [2.45, 2.75) is 102 Å². The molecule has 4 atom stereocenters. The number of benzene rings is 1. The van der Waals surface area contributed by atoms with Gasteiger partial charge in [0, 0.05) is 12.6 Å². The van der Waals surface area contributed by atoms with Gasteiger partial charge in [-0.1, -0.05) is 30.3 Å².